The first kappa shape index (κ1) is 5.88. The molecule has 0 saturated carbocycles. The van der Waals surface area contributed by atoms with E-state index in [0.29, 0.717) is 5.69 Å². The Morgan fingerprint density at radius 1 is 1.67 bits per heavy atom. The minimum atomic E-state index is 0.0995. The van der Waals surface area contributed by atoms with Crippen LogP contribution in [0.1, 0.15) is 5.69 Å². The molecule has 0 fully saturated rings. The van der Waals surface area contributed by atoms with Crippen LogP contribution in [0.4, 0.5) is 5.69 Å². The number of nitrogen functional groups attached to an aromatic ring is 1. The lowest BCUT2D eigenvalue weighted by atomic mass is 10.3. The van der Waals surface area contributed by atoms with Gasteiger partial charge < -0.3 is 10.8 Å². The lowest BCUT2D eigenvalue weighted by molar-refractivity contribution is 0.476. The molecule has 0 radical (unpaired) electrons. The molecule has 3 N–H and O–H groups in total. The summed E-state index contributed by atoms with van der Waals surface area (Å²) in [6.07, 6.45) is 1.44. The van der Waals surface area contributed by atoms with E-state index in [4.69, 9.17) is 10.8 Å². The summed E-state index contributed by atoms with van der Waals surface area (Å²) in [7, 11) is 0. The fourth-order valence-electron chi connectivity index (χ4n) is 0.556. The number of aromatic hydroxyl groups is 1. The third-order valence-electron chi connectivity index (χ3n) is 1.05. The highest BCUT2D eigenvalue weighted by Crippen LogP contribution is 2.17. The van der Waals surface area contributed by atoms with Gasteiger partial charge in [-0.3, -0.25) is 4.98 Å². The minimum Gasteiger partial charge on any atom is -0.506 e. The summed E-state index contributed by atoms with van der Waals surface area (Å²) in [4.78, 5) is 3.85. The molecule has 0 unspecified atom stereocenters. The number of hydrogen-bond acceptors (Lipinski definition) is 3. The molecule has 0 atom stereocenters. The smallest absolute Gasteiger partial charge is 0.141 e. The average molecular weight is 124 g/mol. The first-order chi connectivity index (χ1) is 4.20. The van der Waals surface area contributed by atoms with Crippen molar-refractivity contribution in [1.29, 1.82) is 0 Å². The van der Waals surface area contributed by atoms with Crippen molar-refractivity contribution < 1.29 is 5.11 Å². The van der Waals surface area contributed by atoms with Gasteiger partial charge in [-0.25, -0.2) is 0 Å². The van der Waals surface area contributed by atoms with Gasteiger partial charge in [-0.2, -0.15) is 0 Å². The van der Waals surface area contributed by atoms with Gasteiger partial charge in [-0.1, -0.05) is 0 Å². The van der Waals surface area contributed by atoms with Crippen LogP contribution in [0.3, 0.4) is 0 Å². The van der Waals surface area contributed by atoms with E-state index in [1.165, 1.54) is 12.3 Å². The van der Waals surface area contributed by atoms with E-state index in [-0.39, 0.29) is 5.75 Å². The van der Waals surface area contributed by atoms with E-state index in [9.17, 15) is 0 Å². The van der Waals surface area contributed by atoms with E-state index in [1.54, 1.807) is 6.92 Å². The summed E-state index contributed by atoms with van der Waals surface area (Å²) in [6, 6.07) is 1.52. The largest absolute Gasteiger partial charge is 0.506 e. The van der Waals surface area contributed by atoms with Gasteiger partial charge in [0.1, 0.15) is 5.75 Å². The number of nitrogens with two attached hydrogens (primary N) is 1. The molecule has 0 spiro atoms. The van der Waals surface area contributed by atoms with Gasteiger partial charge in [0.2, 0.25) is 0 Å². The molecule has 9 heavy (non-hydrogen) atoms. The maximum absolute atomic E-state index is 8.94. The number of nitrogens with zero attached hydrogens (tertiary/aromatic N) is 1. The predicted octanol–water partition coefficient (Wildman–Crippen LogP) is 0.678. The summed E-state index contributed by atoms with van der Waals surface area (Å²) < 4.78 is 0. The van der Waals surface area contributed by atoms with E-state index < -0.39 is 0 Å². The first-order valence-corrected chi connectivity index (χ1v) is 2.61. The van der Waals surface area contributed by atoms with Gasteiger partial charge in [0.15, 0.2) is 0 Å². The number of hydrogen-bond donors (Lipinski definition) is 2. The molecule has 1 rings (SSSR count). The molecule has 1 heterocycles. The Morgan fingerprint density at radius 2 is 2.33 bits per heavy atom. The zero-order chi connectivity index (χ0) is 6.85. The van der Waals surface area contributed by atoms with Gasteiger partial charge in [0, 0.05) is 11.8 Å². The van der Waals surface area contributed by atoms with Gasteiger partial charge in [-0.15, -0.1) is 0 Å². The molecule has 0 aliphatic carbocycles. The van der Waals surface area contributed by atoms with Crippen LogP contribution < -0.4 is 5.73 Å². The number of anilines is 1. The second-order valence-corrected chi connectivity index (χ2v) is 1.88. The van der Waals surface area contributed by atoms with Crippen molar-refractivity contribution in [3.8, 4) is 5.75 Å². The van der Waals surface area contributed by atoms with E-state index in [2.05, 4.69) is 4.98 Å². The molecular weight excluding hydrogens is 116 g/mol. The second kappa shape index (κ2) is 1.93. The normalized spacial score (nSPS) is 9.44. The summed E-state index contributed by atoms with van der Waals surface area (Å²) in [5.74, 6) is 0.0995. The van der Waals surface area contributed by atoms with E-state index in [1.807, 2.05) is 0 Å². The number of rotatable bonds is 0. The summed E-state index contributed by atoms with van der Waals surface area (Å²) in [5.41, 5.74) is 6.36. The molecule has 0 aliphatic heterocycles. The highest BCUT2D eigenvalue weighted by atomic mass is 16.3. The monoisotopic (exact) mass is 124 g/mol. The summed E-state index contributed by atoms with van der Waals surface area (Å²) >= 11 is 0. The van der Waals surface area contributed by atoms with Crippen molar-refractivity contribution in [2.24, 2.45) is 0 Å². The van der Waals surface area contributed by atoms with Gasteiger partial charge >= 0.3 is 0 Å². The Bertz CT molecular complexity index is 222. The standard InChI is InChI=1S/C6H8N2O/c1-4-2-6(9)5(7)3-8-4/h2-3H,7H2,1H3,(H,8,9). The molecule has 0 bridgehead atoms. The fourth-order valence-corrected chi connectivity index (χ4v) is 0.556. The fraction of sp³-hybridized carbons (Fsp3) is 0.167. The molecular formula is C6H8N2O. The summed E-state index contributed by atoms with van der Waals surface area (Å²) in [6.45, 7) is 1.79. The minimum absolute atomic E-state index is 0.0995. The molecule has 3 heteroatoms. The van der Waals surface area contributed by atoms with Crippen LogP contribution in [-0.4, -0.2) is 10.1 Å². The molecule has 3 nitrogen and oxygen atoms in total. The quantitative estimate of drug-likeness (QED) is 0.534. The molecule has 0 amide bonds. The SMILES string of the molecule is Cc1cc(O)c(N)cn1. The Balaban J connectivity index is 3.17. The van der Waals surface area contributed by atoms with Crippen LogP contribution in [0.15, 0.2) is 12.3 Å². The van der Waals surface area contributed by atoms with Crippen LogP contribution in [0.25, 0.3) is 0 Å². The van der Waals surface area contributed by atoms with Crippen LogP contribution in [0.5, 0.6) is 5.75 Å². The van der Waals surface area contributed by atoms with Gasteiger partial charge in [0.05, 0.1) is 11.9 Å². The van der Waals surface area contributed by atoms with Crippen LogP contribution >= 0.6 is 0 Å². The Hall–Kier alpha value is -1.25. The zero-order valence-electron chi connectivity index (χ0n) is 5.13. The molecule has 48 valence electrons. The van der Waals surface area contributed by atoms with Gasteiger partial charge in [-0.05, 0) is 6.92 Å². The second-order valence-electron chi connectivity index (χ2n) is 1.88. The molecule has 0 saturated heterocycles. The third kappa shape index (κ3) is 1.10. The van der Waals surface area contributed by atoms with Crippen molar-refractivity contribution >= 4 is 5.69 Å². The molecule has 1 aromatic heterocycles. The lowest BCUT2D eigenvalue weighted by Crippen LogP contribution is -1.88. The van der Waals surface area contributed by atoms with Crippen molar-refractivity contribution in [2.75, 3.05) is 5.73 Å². The van der Waals surface area contributed by atoms with Crippen LogP contribution in [-0.2, 0) is 0 Å². The first-order valence-electron chi connectivity index (χ1n) is 2.61. The lowest BCUT2D eigenvalue weighted by Gasteiger charge is -1.96. The van der Waals surface area contributed by atoms with Crippen LogP contribution in [0, 0.1) is 6.92 Å². The number of aryl methyl sites for hydroxylation is 1. The van der Waals surface area contributed by atoms with Crippen LogP contribution in [0.2, 0.25) is 0 Å². The average Bonchev–Trinajstić information content (AvgIpc) is 1.80. The van der Waals surface area contributed by atoms with E-state index >= 15 is 0 Å². The molecule has 1 aromatic rings. The van der Waals surface area contributed by atoms with Crippen molar-refractivity contribution in [2.45, 2.75) is 6.92 Å². The Kier molecular flexibility index (Phi) is 1.26. The highest BCUT2D eigenvalue weighted by Gasteiger charge is 1.94. The van der Waals surface area contributed by atoms with Crippen molar-refractivity contribution in [3.05, 3.63) is 18.0 Å². The molecule has 0 aliphatic rings. The topological polar surface area (TPSA) is 59.1 Å². The maximum atomic E-state index is 8.94. The van der Waals surface area contributed by atoms with Crippen molar-refractivity contribution in [1.82, 2.24) is 4.98 Å². The molecule has 0 aromatic carbocycles. The highest BCUT2D eigenvalue weighted by molar-refractivity contribution is 5.49. The van der Waals surface area contributed by atoms with Crippen molar-refractivity contribution in [3.63, 3.8) is 0 Å². The third-order valence-corrected chi connectivity index (χ3v) is 1.05. The Labute approximate surface area is 53.2 Å². The number of pyridine rings is 1. The Morgan fingerprint density at radius 3 is 2.78 bits per heavy atom. The maximum Gasteiger partial charge on any atom is 0.141 e. The van der Waals surface area contributed by atoms with Gasteiger partial charge in [0.25, 0.3) is 0 Å². The van der Waals surface area contributed by atoms with E-state index in [0.717, 1.165) is 5.69 Å². The zero-order valence-corrected chi connectivity index (χ0v) is 5.13. The predicted molar refractivity (Wildman–Crippen MR) is 35.1 cm³/mol. The summed E-state index contributed by atoms with van der Waals surface area (Å²) in [5, 5.41) is 8.94. The number of aromatic nitrogens is 1.